The summed E-state index contributed by atoms with van der Waals surface area (Å²) in [5.41, 5.74) is 5.81. The Morgan fingerprint density at radius 2 is 2.04 bits per heavy atom. The van der Waals surface area contributed by atoms with Crippen LogP contribution in [0.1, 0.15) is 39.5 Å². The molecule has 3 aromatic rings. The van der Waals surface area contributed by atoms with Gasteiger partial charge in [0.2, 0.25) is 0 Å². The number of hydrogen-bond donors (Lipinski definition) is 2. The molecule has 1 aromatic carbocycles. The van der Waals surface area contributed by atoms with Crippen LogP contribution in [0.25, 0.3) is 10.2 Å². The lowest BCUT2D eigenvalue weighted by Gasteiger charge is -2.13. The van der Waals surface area contributed by atoms with E-state index >= 15 is 0 Å². The summed E-state index contributed by atoms with van der Waals surface area (Å²) >= 11 is 1.03. The molecule has 0 unspecified atom stereocenters. The number of primary amides is 1. The molecule has 0 bridgehead atoms. The number of aryl methyl sites for hydroxylation is 1. The molecule has 0 aliphatic rings. The Hall–Kier alpha value is -3.07. The summed E-state index contributed by atoms with van der Waals surface area (Å²) in [5, 5.41) is 9.16. The van der Waals surface area contributed by atoms with Crippen LogP contribution in [-0.4, -0.2) is 26.5 Å². The van der Waals surface area contributed by atoms with Crippen molar-refractivity contribution in [2.24, 2.45) is 5.73 Å². The van der Waals surface area contributed by atoms with Crippen LogP contribution >= 0.6 is 11.3 Å². The average Bonchev–Trinajstić information content (AvgIpc) is 2.96. The molecule has 0 radical (unpaired) electrons. The maximum Gasteiger partial charge on any atom is 0.303 e. The van der Waals surface area contributed by atoms with E-state index in [-0.39, 0.29) is 41.6 Å². The third-order valence-electron chi connectivity index (χ3n) is 4.43. The number of carbonyl (C=O) groups excluding carboxylic acids is 1. The van der Waals surface area contributed by atoms with E-state index in [1.807, 2.05) is 0 Å². The number of nitrogens with zero attached hydrogens (tertiary/aromatic N) is 2. The molecular weight excluding hydrogens is 385 g/mol. The molecular formula is C19H18FN3O4S. The maximum absolute atomic E-state index is 14.1. The number of thiophene rings is 1. The van der Waals surface area contributed by atoms with E-state index < -0.39 is 17.7 Å². The Labute approximate surface area is 163 Å². The summed E-state index contributed by atoms with van der Waals surface area (Å²) < 4.78 is 15.5. The van der Waals surface area contributed by atoms with Crippen molar-refractivity contribution in [3.05, 3.63) is 62.3 Å². The number of hydrogen-bond acceptors (Lipinski definition) is 5. The monoisotopic (exact) mass is 403 g/mol. The summed E-state index contributed by atoms with van der Waals surface area (Å²) in [6.07, 6.45) is 0.172. The number of amides is 1. The Morgan fingerprint density at radius 1 is 1.32 bits per heavy atom. The number of fused-ring (bicyclic) bond motifs is 1. The van der Waals surface area contributed by atoms with Crippen molar-refractivity contribution in [1.29, 1.82) is 0 Å². The highest BCUT2D eigenvalue weighted by atomic mass is 32.1. The molecule has 0 fully saturated rings. The summed E-state index contributed by atoms with van der Waals surface area (Å²) in [4.78, 5) is 40.7. The van der Waals surface area contributed by atoms with Crippen molar-refractivity contribution in [2.75, 3.05) is 0 Å². The fourth-order valence-corrected chi connectivity index (χ4v) is 4.10. The summed E-state index contributed by atoms with van der Waals surface area (Å²) in [6.45, 7) is 1.75. The highest BCUT2D eigenvalue weighted by molar-refractivity contribution is 7.20. The largest absolute Gasteiger partial charge is 0.481 e. The van der Waals surface area contributed by atoms with Gasteiger partial charge in [0.1, 0.15) is 16.5 Å². The van der Waals surface area contributed by atoms with Crippen LogP contribution < -0.4 is 11.3 Å². The van der Waals surface area contributed by atoms with Gasteiger partial charge >= 0.3 is 5.97 Å². The molecule has 146 valence electrons. The molecule has 2 aromatic heterocycles. The third kappa shape index (κ3) is 3.79. The number of halogens is 1. The molecule has 3 rings (SSSR count). The number of rotatable bonds is 7. The Bertz CT molecular complexity index is 1140. The second-order valence-corrected chi connectivity index (χ2v) is 7.35. The standard InChI is InChI=1S/C19H18FN3O4S/c1-10-15-18(28-16(10)17(21)26)22-13(9-11-5-2-3-6-12(11)20)23(19(15)27)8-4-7-14(24)25/h2-3,5-6H,4,7-9H2,1H3,(H2,21,26)(H,24,25). The fourth-order valence-electron chi connectivity index (χ4n) is 3.06. The van der Waals surface area contributed by atoms with E-state index in [0.29, 0.717) is 21.8 Å². The lowest BCUT2D eigenvalue weighted by Crippen LogP contribution is -2.26. The van der Waals surface area contributed by atoms with E-state index in [0.717, 1.165) is 11.3 Å². The molecule has 0 spiro atoms. The first-order valence-corrected chi connectivity index (χ1v) is 9.39. The number of benzene rings is 1. The number of carbonyl (C=O) groups is 2. The topological polar surface area (TPSA) is 115 Å². The molecule has 0 saturated heterocycles. The van der Waals surface area contributed by atoms with E-state index in [1.54, 1.807) is 25.1 Å². The Kier molecular flexibility index (Phi) is 5.55. The first-order valence-electron chi connectivity index (χ1n) is 8.57. The summed E-state index contributed by atoms with van der Waals surface area (Å²) in [6, 6.07) is 6.17. The van der Waals surface area contributed by atoms with Crippen LogP contribution in [0.3, 0.4) is 0 Å². The number of aromatic nitrogens is 2. The van der Waals surface area contributed by atoms with Crippen LogP contribution in [0.15, 0.2) is 29.1 Å². The van der Waals surface area contributed by atoms with Gasteiger partial charge in [-0.2, -0.15) is 0 Å². The second kappa shape index (κ2) is 7.89. The van der Waals surface area contributed by atoms with Gasteiger partial charge < -0.3 is 10.8 Å². The molecule has 0 atom stereocenters. The Balaban J connectivity index is 2.16. The zero-order chi connectivity index (χ0) is 20.4. The molecule has 0 aliphatic heterocycles. The van der Waals surface area contributed by atoms with Crippen LogP contribution in [0.4, 0.5) is 4.39 Å². The maximum atomic E-state index is 14.1. The number of aliphatic carboxylic acids is 1. The van der Waals surface area contributed by atoms with Gasteiger partial charge in [0.15, 0.2) is 0 Å². The highest BCUT2D eigenvalue weighted by Gasteiger charge is 2.21. The summed E-state index contributed by atoms with van der Waals surface area (Å²) in [5.74, 6) is -1.73. The van der Waals surface area contributed by atoms with Crippen molar-refractivity contribution < 1.29 is 19.1 Å². The van der Waals surface area contributed by atoms with Crippen molar-refractivity contribution >= 4 is 33.4 Å². The summed E-state index contributed by atoms with van der Waals surface area (Å²) in [7, 11) is 0. The zero-order valence-corrected chi connectivity index (χ0v) is 15.9. The highest BCUT2D eigenvalue weighted by Crippen LogP contribution is 2.27. The molecule has 1 amide bonds. The molecule has 3 N–H and O–H groups in total. The van der Waals surface area contributed by atoms with Gasteiger partial charge in [-0.15, -0.1) is 11.3 Å². The lowest BCUT2D eigenvalue weighted by atomic mass is 10.1. The predicted molar refractivity (Wildman–Crippen MR) is 103 cm³/mol. The number of nitrogens with two attached hydrogens (primary N) is 1. The van der Waals surface area contributed by atoms with Crippen molar-refractivity contribution in [2.45, 2.75) is 32.7 Å². The molecule has 2 heterocycles. The van der Waals surface area contributed by atoms with E-state index in [4.69, 9.17) is 10.8 Å². The SMILES string of the molecule is Cc1c(C(N)=O)sc2nc(Cc3ccccc3F)n(CCCC(=O)O)c(=O)c12. The Morgan fingerprint density at radius 3 is 2.68 bits per heavy atom. The van der Waals surface area contributed by atoms with Gasteiger partial charge in [-0.25, -0.2) is 9.37 Å². The second-order valence-electron chi connectivity index (χ2n) is 6.35. The average molecular weight is 403 g/mol. The lowest BCUT2D eigenvalue weighted by molar-refractivity contribution is -0.137. The van der Waals surface area contributed by atoms with Gasteiger partial charge in [0.05, 0.1) is 10.3 Å². The van der Waals surface area contributed by atoms with Crippen molar-refractivity contribution in [3.63, 3.8) is 0 Å². The van der Waals surface area contributed by atoms with E-state index in [9.17, 15) is 18.8 Å². The molecule has 28 heavy (non-hydrogen) atoms. The molecule has 7 nitrogen and oxygen atoms in total. The van der Waals surface area contributed by atoms with Crippen LogP contribution in [0.5, 0.6) is 0 Å². The fraction of sp³-hybridized carbons (Fsp3) is 0.263. The van der Waals surface area contributed by atoms with Crippen LogP contribution in [-0.2, 0) is 17.8 Å². The minimum atomic E-state index is -0.972. The van der Waals surface area contributed by atoms with E-state index in [2.05, 4.69) is 4.98 Å². The normalized spacial score (nSPS) is 11.1. The van der Waals surface area contributed by atoms with Gasteiger partial charge in [-0.05, 0) is 30.5 Å². The van der Waals surface area contributed by atoms with Gasteiger partial charge in [0, 0.05) is 19.4 Å². The van der Waals surface area contributed by atoms with Gasteiger partial charge in [-0.1, -0.05) is 18.2 Å². The minimum absolute atomic E-state index is 0.0633. The zero-order valence-electron chi connectivity index (χ0n) is 15.1. The molecule has 0 aliphatic carbocycles. The smallest absolute Gasteiger partial charge is 0.303 e. The molecule has 0 saturated carbocycles. The van der Waals surface area contributed by atoms with Gasteiger partial charge in [-0.3, -0.25) is 19.0 Å². The van der Waals surface area contributed by atoms with Gasteiger partial charge in [0.25, 0.3) is 11.5 Å². The predicted octanol–water partition coefficient (Wildman–Crippen LogP) is 2.46. The minimum Gasteiger partial charge on any atom is -0.481 e. The first kappa shape index (κ1) is 19.7. The third-order valence-corrected chi connectivity index (χ3v) is 5.63. The van der Waals surface area contributed by atoms with Crippen LogP contribution in [0.2, 0.25) is 0 Å². The quantitative estimate of drug-likeness (QED) is 0.629. The van der Waals surface area contributed by atoms with E-state index in [1.165, 1.54) is 10.6 Å². The molecule has 9 heteroatoms. The van der Waals surface area contributed by atoms with Crippen molar-refractivity contribution in [1.82, 2.24) is 9.55 Å². The van der Waals surface area contributed by atoms with Crippen molar-refractivity contribution in [3.8, 4) is 0 Å². The first-order chi connectivity index (χ1) is 13.3. The number of carboxylic acid groups (broad SMARTS) is 1. The van der Waals surface area contributed by atoms with Crippen LogP contribution in [0, 0.1) is 12.7 Å². The number of carboxylic acids is 1.